The molecule has 30 heavy (non-hydrogen) atoms. The number of aromatic nitrogens is 1. The number of para-hydroxylation sites is 1. The van der Waals surface area contributed by atoms with Gasteiger partial charge in [0.15, 0.2) is 11.8 Å². The molecule has 0 aliphatic heterocycles. The second kappa shape index (κ2) is 8.71. The molecule has 6 nitrogen and oxygen atoms in total. The fourth-order valence-electron chi connectivity index (χ4n) is 3.41. The van der Waals surface area contributed by atoms with Crippen LogP contribution in [0, 0.1) is 0 Å². The van der Waals surface area contributed by atoms with Crippen molar-refractivity contribution in [1.82, 2.24) is 4.57 Å². The smallest absolute Gasteiger partial charge is 0.297 e. The zero-order valence-electron chi connectivity index (χ0n) is 16.2. The molecule has 1 atom stereocenters. The molecule has 1 amide bonds. The van der Waals surface area contributed by atoms with Crippen LogP contribution in [0.3, 0.4) is 0 Å². The molecular weight excluding hydrogens is 378 g/mol. The lowest BCUT2D eigenvalue weighted by molar-refractivity contribution is -0.126. The largest absolute Gasteiger partial charge is 0.493 e. The van der Waals surface area contributed by atoms with Gasteiger partial charge in [-0.2, -0.15) is 0 Å². The van der Waals surface area contributed by atoms with Crippen molar-refractivity contribution in [2.45, 2.75) is 19.1 Å². The Morgan fingerprint density at radius 1 is 0.900 bits per heavy atom. The second-order valence-corrected chi connectivity index (χ2v) is 6.93. The molecule has 1 unspecified atom stereocenters. The Labute approximate surface area is 173 Å². The van der Waals surface area contributed by atoms with Crippen molar-refractivity contribution < 1.29 is 15.0 Å². The average Bonchev–Trinajstić information content (AvgIpc) is 3.07. The number of aliphatic hydroxyl groups excluding tert-OH is 1. The number of hydrogen-bond acceptors (Lipinski definition) is 4. The summed E-state index contributed by atoms with van der Waals surface area (Å²) >= 11 is 0. The van der Waals surface area contributed by atoms with Gasteiger partial charge in [-0.1, -0.05) is 78.9 Å². The van der Waals surface area contributed by atoms with Gasteiger partial charge in [0.05, 0.1) is 5.52 Å². The first-order chi connectivity index (χ1) is 14.6. The number of fused-ring (bicyclic) bond motifs is 1. The molecule has 4 aromatic rings. The van der Waals surface area contributed by atoms with Crippen molar-refractivity contribution in [3.05, 3.63) is 96.1 Å². The number of carbonyl (C=O) groups excluding carboxylic acids is 1. The predicted octanol–water partition coefficient (Wildman–Crippen LogP) is 4.93. The first kappa shape index (κ1) is 19.5. The molecule has 2 N–H and O–H groups in total. The van der Waals surface area contributed by atoms with Gasteiger partial charge in [-0.05, 0) is 23.6 Å². The van der Waals surface area contributed by atoms with Gasteiger partial charge in [-0.3, -0.25) is 4.79 Å². The molecule has 0 spiro atoms. The maximum Gasteiger partial charge on any atom is 0.297 e. The van der Waals surface area contributed by atoms with Crippen molar-refractivity contribution in [3.8, 4) is 5.88 Å². The molecule has 0 radical (unpaired) electrons. The highest BCUT2D eigenvalue weighted by molar-refractivity contribution is 5.95. The van der Waals surface area contributed by atoms with E-state index in [0.29, 0.717) is 17.5 Å². The highest BCUT2D eigenvalue weighted by Gasteiger charge is 2.19. The Morgan fingerprint density at radius 3 is 2.27 bits per heavy atom. The van der Waals surface area contributed by atoms with E-state index in [0.717, 1.165) is 17.5 Å². The van der Waals surface area contributed by atoms with Crippen LogP contribution >= 0.6 is 0 Å². The first-order valence-electron chi connectivity index (χ1n) is 9.68. The summed E-state index contributed by atoms with van der Waals surface area (Å²) in [7, 11) is 0. The number of amides is 1. The number of carbonyl (C=O) groups is 1. The molecule has 1 aromatic heterocycles. The highest BCUT2D eigenvalue weighted by atomic mass is 16.3. The van der Waals surface area contributed by atoms with E-state index in [-0.39, 0.29) is 11.6 Å². The number of azo groups is 1. The Balaban J connectivity index is 1.62. The first-order valence-corrected chi connectivity index (χ1v) is 9.68. The number of aliphatic hydroxyl groups is 1. The fraction of sp³-hybridized carbons (Fsp3) is 0.125. The van der Waals surface area contributed by atoms with Crippen LogP contribution in [0.1, 0.15) is 17.2 Å². The normalized spacial score (nSPS) is 12.4. The minimum atomic E-state index is -1.40. The van der Waals surface area contributed by atoms with Crippen LogP contribution in [-0.2, 0) is 17.8 Å². The maximum atomic E-state index is 12.3. The third-order valence-corrected chi connectivity index (χ3v) is 4.98. The van der Waals surface area contributed by atoms with Crippen molar-refractivity contribution in [3.63, 3.8) is 0 Å². The van der Waals surface area contributed by atoms with Gasteiger partial charge in [0, 0.05) is 11.9 Å². The van der Waals surface area contributed by atoms with Crippen molar-refractivity contribution in [2.24, 2.45) is 10.2 Å². The summed E-state index contributed by atoms with van der Waals surface area (Å²) < 4.78 is 1.76. The summed E-state index contributed by atoms with van der Waals surface area (Å²) in [5, 5.41) is 29.4. The molecule has 0 fully saturated rings. The van der Waals surface area contributed by atoms with E-state index < -0.39 is 12.0 Å². The number of aromatic hydroxyl groups is 1. The predicted molar refractivity (Wildman–Crippen MR) is 115 cm³/mol. The Hall–Kier alpha value is -3.77. The molecule has 6 heteroatoms. The van der Waals surface area contributed by atoms with Crippen LogP contribution in [0.15, 0.2) is 95.2 Å². The van der Waals surface area contributed by atoms with Crippen molar-refractivity contribution in [1.29, 1.82) is 0 Å². The summed E-state index contributed by atoms with van der Waals surface area (Å²) in [4.78, 5) is 12.3. The summed E-state index contributed by atoms with van der Waals surface area (Å²) in [6, 6.07) is 26.0. The zero-order valence-corrected chi connectivity index (χ0v) is 16.2. The molecule has 0 aliphatic rings. The van der Waals surface area contributed by atoms with Crippen molar-refractivity contribution >= 4 is 22.5 Å². The topological polar surface area (TPSA) is 87.2 Å². The van der Waals surface area contributed by atoms with E-state index in [1.165, 1.54) is 0 Å². The van der Waals surface area contributed by atoms with Crippen LogP contribution in [-0.4, -0.2) is 20.7 Å². The zero-order chi connectivity index (χ0) is 20.9. The third-order valence-electron chi connectivity index (χ3n) is 4.98. The van der Waals surface area contributed by atoms with Gasteiger partial charge < -0.3 is 14.8 Å². The van der Waals surface area contributed by atoms with Gasteiger partial charge in [0.25, 0.3) is 5.91 Å². The molecular formula is C24H21N3O3. The summed E-state index contributed by atoms with van der Waals surface area (Å²) in [6.07, 6.45) is -0.668. The lowest BCUT2D eigenvalue weighted by Gasteiger charge is -2.07. The van der Waals surface area contributed by atoms with Crippen LogP contribution in [0.25, 0.3) is 10.9 Å². The number of aryl methyl sites for hydroxylation is 2. The third kappa shape index (κ3) is 3.99. The fourth-order valence-corrected chi connectivity index (χ4v) is 3.41. The van der Waals surface area contributed by atoms with E-state index in [1.807, 2.05) is 54.6 Å². The van der Waals surface area contributed by atoms with Gasteiger partial charge >= 0.3 is 0 Å². The van der Waals surface area contributed by atoms with E-state index in [2.05, 4.69) is 10.2 Å². The quantitative estimate of drug-likeness (QED) is 0.451. The Bertz CT molecular complexity index is 1180. The number of nitrogens with zero attached hydrogens (tertiary/aromatic N) is 3. The maximum absolute atomic E-state index is 12.3. The van der Waals surface area contributed by atoms with E-state index in [9.17, 15) is 15.0 Å². The molecule has 0 saturated heterocycles. The summed E-state index contributed by atoms with van der Waals surface area (Å²) in [5.74, 6) is -0.848. The van der Waals surface area contributed by atoms with Gasteiger partial charge in [0.2, 0.25) is 5.88 Å². The molecule has 4 rings (SSSR count). The molecule has 0 bridgehead atoms. The number of hydrogen-bond donors (Lipinski definition) is 2. The minimum Gasteiger partial charge on any atom is -0.493 e. The number of benzene rings is 3. The molecule has 1 heterocycles. The van der Waals surface area contributed by atoms with Crippen LogP contribution in [0.2, 0.25) is 0 Å². The monoisotopic (exact) mass is 399 g/mol. The highest BCUT2D eigenvalue weighted by Crippen LogP contribution is 2.39. The second-order valence-electron chi connectivity index (χ2n) is 6.93. The lowest BCUT2D eigenvalue weighted by Crippen LogP contribution is -2.08. The Kier molecular flexibility index (Phi) is 5.68. The van der Waals surface area contributed by atoms with E-state index >= 15 is 0 Å². The summed E-state index contributed by atoms with van der Waals surface area (Å²) in [6.45, 7) is 0.548. The van der Waals surface area contributed by atoms with Crippen molar-refractivity contribution in [2.75, 3.05) is 0 Å². The van der Waals surface area contributed by atoms with Crippen LogP contribution < -0.4 is 0 Å². The lowest BCUT2D eigenvalue weighted by atomic mass is 10.1. The molecule has 0 aliphatic carbocycles. The average molecular weight is 399 g/mol. The standard InChI is InChI=1S/C24H21N3O3/c28-22(18-11-5-2-6-12-18)23(29)26-25-21-19-13-7-8-14-20(19)27(24(21)30)16-15-17-9-3-1-4-10-17/h1-14,22,28,30H,15-16H2. The minimum absolute atomic E-state index is 0.0575. The molecule has 150 valence electrons. The Morgan fingerprint density at radius 2 is 1.53 bits per heavy atom. The SMILES string of the molecule is O=C(N=Nc1c(O)n(CCc2ccccc2)c2ccccc12)C(O)c1ccccc1. The van der Waals surface area contributed by atoms with E-state index in [4.69, 9.17) is 0 Å². The molecule has 3 aromatic carbocycles. The van der Waals surface area contributed by atoms with Gasteiger partial charge in [-0.25, -0.2) is 0 Å². The van der Waals surface area contributed by atoms with Gasteiger partial charge in [-0.15, -0.1) is 10.2 Å². The van der Waals surface area contributed by atoms with Crippen LogP contribution in [0.5, 0.6) is 5.88 Å². The number of rotatable bonds is 6. The molecule has 0 saturated carbocycles. The van der Waals surface area contributed by atoms with Gasteiger partial charge in [0.1, 0.15) is 0 Å². The van der Waals surface area contributed by atoms with E-state index in [1.54, 1.807) is 34.9 Å². The summed E-state index contributed by atoms with van der Waals surface area (Å²) in [5.41, 5.74) is 2.61. The van der Waals surface area contributed by atoms with Crippen LogP contribution in [0.4, 0.5) is 5.69 Å².